The molecule has 3 N–H and O–H groups in total. The Morgan fingerprint density at radius 1 is 1.06 bits per heavy atom. The smallest absolute Gasteiger partial charge is 0.247 e. The summed E-state index contributed by atoms with van der Waals surface area (Å²) in [4.78, 5) is -1.55. The average molecular weight is 267 g/mol. The van der Waals surface area contributed by atoms with Crippen molar-refractivity contribution >= 4 is 23.0 Å². The van der Waals surface area contributed by atoms with E-state index in [1.165, 1.54) is 24.3 Å². The molecule has 0 aliphatic rings. The second-order valence-corrected chi connectivity index (χ2v) is 4.51. The molecule has 0 amide bonds. The highest BCUT2D eigenvalue weighted by Gasteiger charge is 2.34. The molecule has 5 heteroatoms. The summed E-state index contributed by atoms with van der Waals surface area (Å²) in [5.41, 5.74) is 0.913. The molecule has 0 unspecified atom stereocenters. The molecule has 0 spiro atoms. The Hall–Kier alpha value is -1.59. The first-order chi connectivity index (χ1) is 8.41. The van der Waals surface area contributed by atoms with Gasteiger partial charge in [0.05, 0.1) is 0 Å². The van der Waals surface area contributed by atoms with Crippen molar-refractivity contribution < 1.29 is 15.5 Å². The SMILES string of the molecule is Cc1ccc(O)c([N+](O)(O)c2cccc(Cl)c2)c1. The number of halogens is 1. The van der Waals surface area contributed by atoms with Gasteiger partial charge in [0.1, 0.15) is 0 Å². The van der Waals surface area contributed by atoms with Gasteiger partial charge in [0.2, 0.25) is 11.4 Å². The first-order valence-corrected chi connectivity index (χ1v) is 5.70. The Balaban J connectivity index is 2.57. The molecule has 0 saturated heterocycles. The van der Waals surface area contributed by atoms with Crippen molar-refractivity contribution in [3.8, 4) is 5.75 Å². The van der Waals surface area contributed by atoms with Gasteiger partial charge in [-0.15, -0.1) is 0 Å². The van der Waals surface area contributed by atoms with Gasteiger partial charge in [0.25, 0.3) is 0 Å². The van der Waals surface area contributed by atoms with Crippen molar-refractivity contribution in [2.24, 2.45) is 0 Å². The number of rotatable bonds is 2. The largest absolute Gasteiger partial charge is 0.503 e. The van der Waals surface area contributed by atoms with E-state index in [1.54, 1.807) is 25.1 Å². The Kier molecular flexibility index (Phi) is 3.28. The molecule has 2 aromatic carbocycles. The first kappa shape index (κ1) is 12.9. The minimum absolute atomic E-state index is 0.0303. The van der Waals surface area contributed by atoms with Gasteiger partial charge >= 0.3 is 0 Å². The third-order valence-electron chi connectivity index (χ3n) is 2.64. The standard InChI is InChI=1S/C13H12ClNO3/c1-9-5-6-13(16)12(7-9)15(17,18)11-4-2-3-10(14)8-11/h2-8,17-18H,1H3/p+1. The summed E-state index contributed by atoms with van der Waals surface area (Å²) in [5.74, 6) is -0.203. The summed E-state index contributed by atoms with van der Waals surface area (Å²) in [6.07, 6.45) is 0. The average Bonchev–Trinajstić information content (AvgIpc) is 2.32. The van der Waals surface area contributed by atoms with Crippen LogP contribution in [0.1, 0.15) is 5.56 Å². The molecule has 2 aromatic rings. The van der Waals surface area contributed by atoms with Crippen LogP contribution in [0.25, 0.3) is 0 Å². The summed E-state index contributed by atoms with van der Waals surface area (Å²) in [5, 5.41) is 30.4. The van der Waals surface area contributed by atoms with Crippen molar-refractivity contribution in [2.75, 3.05) is 0 Å². The lowest BCUT2D eigenvalue weighted by Gasteiger charge is -2.21. The second kappa shape index (κ2) is 4.59. The Bertz CT molecular complexity index is 584. The van der Waals surface area contributed by atoms with E-state index >= 15 is 0 Å². The normalized spacial score (nSPS) is 11.6. The number of hydrogen-bond donors (Lipinski definition) is 3. The third kappa shape index (κ3) is 2.32. The van der Waals surface area contributed by atoms with E-state index in [9.17, 15) is 15.5 Å². The van der Waals surface area contributed by atoms with Crippen molar-refractivity contribution in [2.45, 2.75) is 6.92 Å². The number of phenols is 1. The quantitative estimate of drug-likeness (QED) is 0.573. The van der Waals surface area contributed by atoms with Crippen LogP contribution in [0.2, 0.25) is 5.02 Å². The number of quaternary nitrogens is 1. The molecule has 0 atom stereocenters. The molecule has 0 aromatic heterocycles. The maximum absolute atomic E-state index is 10.2. The number of phenolic OH excluding ortho intramolecular Hbond substituents is 1. The summed E-state index contributed by atoms with van der Waals surface area (Å²) in [6, 6.07) is 10.7. The number of benzene rings is 2. The van der Waals surface area contributed by atoms with Gasteiger partial charge in [-0.2, -0.15) is 10.4 Å². The van der Waals surface area contributed by atoms with Crippen LogP contribution < -0.4 is 4.81 Å². The molecule has 0 aliphatic heterocycles. The molecule has 0 aliphatic carbocycles. The fourth-order valence-corrected chi connectivity index (χ4v) is 1.88. The zero-order chi connectivity index (χ0) is 13.3. The highest BCUT2D eigenvalue weighted by atomic mass is 35.5. The van der Waals surface area contributed by atoms with Gasteiger partial charge in [-0.3, -0.25) is 0 Å². The van der Waals surface area contributed by atoms with Crippen LogP contribution in [0, 0.1) is 6.92 Å². The van der Waals surface area contributed by atoms with E-state index in [1.807, 2.05) is 0 Å². The third-order valence-corrected chi connectivity index (χ3v) is 2.87. The first-order valence-electron chi connectivity index (χ1n) is 5.32. The molecular formula is C13H13ClNO3+. The number of nitrogens with zero attached hydrogens (tertiary/aromatic N) is 1. The topological polar surface area (TPSA) is 60.7 Å². The Labute approximate surface area is 109 Å². The number of aryl methyl sites for hydroxylation is 1. The van der Waals surface area contributed by atoms with Gasteiger partial charge in [0, 0.05) is 28.0 Å². The minimum Gasteiger partial charge on any atom is -0.503 e. The van der Waals surface area contributed by atoms with Gasteiger partial charge in [-0.1, -0.05) is 23.7 Å². The second-order valence-electron chi connectivity index (χ2n) is 4.07. The lowest BCUT2D eigenvalue weighted by Crippen LogP contribution is -2.36. The monoisotopic (exact) mass is 266 g/mol. The lowest BCUT2D eigenvalue weighted by atomic mass is 10.2. The maximum Gasteiger partial charge on any atom is 0.247 e. The van der Waals surface area contributed by atoms with E-state index < -0.39 is 4.81 Å². The van der Waals surface area contributed by atoms with Crippen molar-refractivity contribution in [3.05, 3.63) is 53.1 Å². The van der Waals surface area contributed by atoms with Crippen LogP contribution in [-0.2, 0) is 0 Å². The van der Waals surface area contributed by atoms with Crippen molar-refractivity contribution in [1.29, 1.82) is 0 Å². The van der Waals surface area contributed by atoms with Crippen LogP contribution in [0.3, 0.4) is 0 Å². The lowest BCUT2D eigenvalue weighted by molar-refractivity contribution is -0.245. The van der Waals surface area contributed by atoms with Crippen molar-refractivity contribution in [3.63, 3.8) is 0 Å². The molecular weight excluding hydrogens is 254 g/mol. The molecule has 4 nitrogen and oxygen atoms in total. The highest BCUT2D eigenvalue weighted by Crippen LogP contribution is 2.38. The Morgan fingerprint density at radius 2 is 1.78 bits per heavy atom. The molecule has 2 rings (SSSR count). The fraction of sp³-hybridized carbons (Fsp3) is 0.0769. The molecule has 0 radical (unpaired) electrons. The summed E-state index contributed by atoms with van der Waals surface area (Å²) in [6.45, 7) is 1.79. The van der Waals surface area contributed by atoms with E-state index in [0.29, 0.717) is 5.02 Å². The maximum atomic E-state index is 10.2. The van der Waals surface area contributed by atoms with E-state index in [4.69, 9.17) is 11.6 Å². The molecule has 0 fully saturated rings. The highest BCUT2D eigenvalue weighted by molar-refractivity contribution is 6.30. The van der Waals surface area contributed by atoms with Crippen LogP contribution in [0.5, 0.6) is 5.75 Å². The van der Waals surface area contributed by atoms with Crippen LogP contribution >= 0.6 is 11.6 Å². The van der Waals surface area contributed by atoms with Crippen molar-refractivity contribution in [1.82, 2.24) is 4.81 Å². The minimum atomic E-state index is -1.55. The molecule has 0 bridgehead atoms. The molecule has 0 heterocycles. The van der Waals surface area contributed by atoms with Gasteiger partial charge in [-0.25, -0.2) is 0 Å². The van der Waals surface area contributed by atoms with Gasteiger partial charge < -0.3 is 5.11 Å². The predicted molar refractivity (Wildman–Crippen MR) is 69.3 cm³/mol. The summed E-state index contributed by atoms with van der Waals surface area (Å²) in [7, 11) is 0. The van der Waals surface area contributed by atoms with E-state index in [-0.39, 0.29) is 17.1 Å². The fourth-order valence-electron chi connectivity index (χ4n) is 1.69. The summed E-state index contributed by atoms with van der Waals surface area (Å²) >= 11 is 5.81. The molecule has 0 saturated carbocycles. The van der Waals surface area contributed by atoms with Crippen LogP contribution in [0.15, 0.2) is 42.5 Å². The molecule has 94 valence electrons. The predicted octanol–water partition coefficient (Wildman–Crippen LogP) is 3.77. The van der Waals surface area contributed by atoms with Crippen LogP contribution in [-0.4, -0.2) is 15.5 Å². The Morgan fingerprint density at radius 3 is 2.44 bits per heavy atom. The number of hydrogen-bond acceptors (Lipinski definition) is 3. The number of aromatic hydroxyl groups is 1. The van der Waals surface area contributed by atoms with E-state index in [0.717, 1.165) is 5.56 Å². The van der Waals surface area contributed by atoms with E-state index in [2.05, 4.69) is 0 Å². The summed E-state index contributed by atoms with van der Waals surface area (Å²) < 4.78 is 0. The zero-order valence-corrected chi connectivity index (χ0v) is 10.5. The zero-order valence-electron chi connectivity index (χ0n) is 9.71. The van der Waals surface area contributed by atoms with Gasteiger partial charge in [-0.05, 0) is 24.6 Å². The van der Waals surface area contributed by atoms with Gasteiger partial charge in [0.15, 0.2) is 5.75 Å². The van der Waals surface area contributed by atoms with Crippen LogP contribution in [0.4, 0.5) is 11.4 Å². The molecule has 18 heavy (non-hydrogen) atoms.